The SMILES string of the molecule is COc1cc(C(C)C(C)O)c(F)cn1. The van der Waals surface area contributed by atoms with Gasteiger partial charge in [0.25, 0.3) is 0 Å². The molecule has 4 heteroatoms. The molecule has 0 aliphatic carbocycles. The molecule has 0 fully saturated rings. The van der Waals surface area contributed by atoms with Crippen molar-refractivity contribution in [1.82, 2.24) is 4.98 Å². The van der Waals surface area contributed by atoms with Crippen LogP contribution in [0.4, 0.5) is 4.39 Å². The number of methoxy groups -OCH3 is 1. The molecular weight excluding hydrogens is 185 g/mol. The van der Waals surface area contributed by atoms with Crippen molar-refractivity contribution >= 4 is 0 Å². The molecule has 0 amide bonds. The van der Waals surface area contributed by atoms with E-state index in [2.05, 4.69) is 4.98 Å². The maximum absolute atomic E-state index is 13.3. The first-order valence-electron chi connectivity index (χ1n) is 4.43. The number of hydrogen-bond acceptors (Lipinski definition) is 3. The minimum Gasteiger partial charge on any atom is -0.481 e. The molecule has 0 radical (unpaired) electrons. The Morgan fingerprint density at radius 2 is 2.14 bits per heavy atom. The van der Waals surface area contributed by atoms with Gasteiger partial charge in [-0.05, 0) is 6.92 Å². The number of nitrogens with zero attached hydrogens (tertiary/aromatic N) is 1. The van der Waals surface area contributed by atoms with Gasteiger partial charge in [-0.15, -0.1) is 0 Å². The average molecular weight is 199 g/mol. The molecule has 78 valence electrons. The Kier molecular flexibility index (Phi) is 3.41. The Hall–Kier alpha value is -1.16. The third-order valence-electron chi connectivity index (χ3n) is 2.28. The smallest absolute Gasteiger partial charge is 0.213 e. The number of ether oxygens (including phenoxy) is 1. The number of halogens is 1. The largest absolute Gasteiger partial charge is 0.481 e. The van der Waals surface area contributed by atoms with E-state index in [1.807, 2.05) is 0 Å². The Morgan fingerprint density at radius 1 is 1.50 bits per heavy atom. The van der Waals surface area contributed by atoms with Crippen molar-refractivity contribution in [3.05, 3.63) is 23.6 Å². The van der Waals surface area contributed by atoms with Gasteiger partial charge in [-0.1, -0.05) is 6.92 Å². The summed E-state index contributed by atoms with van der Waals surface area (Å²) in [5.74, 6) is -0.333. The van der Waals surface area contributed by atoms with E-state index in [1.165, 1.54) is 13.2 Å². The lowest BCUT2D eigenvalue weighted by Crippen LogP contribution is -2.13. The number of pyridine rings is 1. The van der Waals surface area contributed by atoms with Crippen molar-refractivity contribution in [3.63, 3.8) is 0 Å². The molecule has 0 aliphatic rings. The molecule has 1 N–H and O–H groups in total. The Labute approximate surface area is 82.5 Å². The first-order chi connectivity index (χ1) is 6.56. The summed E-state index contributed by atoms with van der Waals surface area (Å²) in [4.78, 5) is 3.72. The van der Waals surface area contributed by atoms with Crippen LogP contribution >= 0.6 is 0 Å². The van der Waals surface area contributed by atoms with E-state index in [1.54, 1.807) is 13.8 Å². The number of aliphatic hydroxyl groups excluding tert-OH is 1. The standard InChI is InChI=1S/C10H14FNO2/c1-6(7(2)13)8-4-10(14-3)12-5-9(8)11/h4-7,13H,1-3H3. The zero-order valence-electron chi connectivity index (χ0n) is 8.49. The van der Waals surface area contributed by atoms with E-state index in [0.717, 1.165) is 6.20 Å². The van der Waals surface area contributed by atoms with E-state index in [4.69, 9.17) is 4.74 Å². The summed E-state index contributed by atoms with van der Waals surface area (Å²) in [5, 5.41) is 9.33. The Morgan fingerprint density at radius 3 is 2.64 bits per heavy atom. The van der Waals surface area contributed by atoms with Crippen molar-refractivity contribution in [2.45, 2.75) is 25.9 Å². The minimum absolute atomic E-state index is 0.271. The monoisotopic (exact) mass is 199 g/mol. The average Bonchev–Trinajstić information content (AvgIpc) is 2.17. The zero-order valence-corrected chi connectivity index (χ0v) is 8.49. The van der Waals surface area contributed by atoms with E-state index in [0.29, 0.717) is 11.4 Å². The van der Waals surface area contributed by atoms with E-state index in [9.17, 15) is 9.50 Å². The van der Waals surface area contributed by atoms with Crippen LogP contribution < -0.4 is 4.74 Å². The maximum Gasteiger partial charge on any atom is 0.213 e. The van der Waals surface area contributed by atoms with Gasteiger partial charge in [0.2, 0.25) is 5.88 Å². The first-order valence-corrected chi connectivity index (χ1v) is 4.43. The number of aromatic nitrogens is 1. The molecule has 2 unspecified atom stereocenters. The van der Waals surface area contributed by atoms with Crippen molar-refractivity contribution < 1.29 is 14.2 Å². The van der Waals surface area contributed by atoms with Crippen LogP contribution in [0.5, 0.6) is 5.88 Å². The van der Waals surface area contributed by atoms with Crippen LogP contribution in [0.15, 0.2) is 12.3 Å². The van der Waals surface area contributed by atoms with Gasteiger partial charge in [0.05, 0.1) is 19.4 Å². The number of rotatable bonds is 3. The lowest BCUT2D eigenvalue weighted by molar-refractivity contribution is 0.167. The molecule has 0 spiro atoms. The highest BCUT2D eigenvalue weighted by Crippen LogP contribution is 2.24. The lowest BCUT2D eigenvalue weighted by atomic mass is 9.97. The molecule has 0 saturated heterocycles. The second-order valence-corrected chi connectivity index (χ2v) is 3.28. The molecule has 1 aromatic rings. The van der Waals surface area contributed by atoms with Crippen molar-refractivity contribution in [1.29, 1.82) is 0 Å². The topological polar surface area (TPSA) is 42.4 Å². The fourth-order valence-electron chi connectivity index (χ4n) is 1.15. The molecular formula is C10H14FNO2. The third-order valence-corrected chi connectivity index (χ3v) is 2.28. The third kappa shape index (κ3) is 2.20. The van der Waals surface area contributed by atoms with Crippen molar-refractivity contribution in [2.75, 3.05) is 7.11 Å². The second kappa shape index (κ2) is 4.37. The van der Waals surface area contributed by atoms with E-state index in [-0.39, 0.29) is 5.92 Å². The molecule has 14 heavy (non-hydrogen) atoms. The van der Waals surface area contributed by atoms with Gasteiger partial charge < -0.3 is 9.84 Å². The Balaban J connectivity index is 3.05. The van der Waals surface area contributed by atoms with Gasteiger partial charge in [0.1, 0.15) is 5.82 Å². The van der Waals surface area contributed by atoms with Crippen molar-refractivity contribution in [3.8, 4) is 5.88 Å². The summed E-state index contributed by atoms with van der Waals surface area (Å²) in [5.41, 5.74) is 0.423. The number of hydrogen-bond donors (Lipinski definition) is 1. The molecule has 0 bridgehead atoms. The molecule has 1 rings (SSSR count). The summed E-state index contributed by atoms with van der Waals surface area (Å²) in [6.45, 7) is 3.37. The minimum atomic E-state index is -0.600. The lowest BCUT2D eigenvalue weighted by Gasteiger charge is -2.15. The van der Waals surface area contributed by atoms with Gasteiger partial charge in [-0.25, -0.2) is 9.37 Å². The van der Waals surface area contributed by atoms with Gasteiger partial charge >= 0.3 is 0 Å². The fraction of sp³-hybridized carbons (Fsp3) is 0.500. The van der Waals surface area contributed by atoms with Crippen LogP contribution in [0.1, 0.15) is 25.3 Å². The van der Waals surface area contributed by atoms with Gasteiger partial charge in [-0.3, -0.25) is 0 Å². The Bertz CT molecular complexity index is 315. The second-order valence-electron chi connectivity index (χ2n) is 3.28. The highest BCUT2D eigenvalue weighted by Gasteiger charge is 2.16. The van der Waals surface area contributed by atoms with Crippen molar-refractivity contribution in [2.24, 2.45) is 0 Å². The first kappa shape index (κ1) is 10.9. The van der Waals surface area contributed by atoms with Crippen LogP contribution in [-0.4, -0.2) is 23.3 Å². The molecule has 1 aromatic heterocycles. The van der Waals surface area contributed by atoms with Crippen LogP contribution in [0.3, 0.4) is 0 Å². The zero-order chi connectivity index (χ0) is 10.7. The summed E-state index contributed by atoms with van der Waals surface area (Å²) in [6, 6.07) is 1.51. The highest BCUT2D eigenvalue weighted by molar-refractivity contribution is 5.25. The summed E-state index contributed by atoms with van der Waals surface area (Å²) >= 11 is 0. The summed E-state index contributed by atoms with van der Waals surface area (Å²) in [7, 11) is 1.47. The summed E-state index contributed by atoms with van der Waals surface area (Å²) < 4.78 is 18.2. The van der Waals surface area contributed by atoms with Gasteiger partial charge in [-0.2, -0.15) is 0 Å². The van der Waals surface area contributed by atoms with Gasteiger partial charge in [0, 0.05) is 17.5 Å². The van der Waals surface area contributed by atoms with E-state index >= 15 is 0 Å². The molecule has 1 heterocycles. The predicted molar refractivity (Wildman–Crippen MR) is 50.8 cm³/mol. The molecule has 0 aliphatic heterocycles. The predicted octanol–water partition coefficient (Wildman–Crippen LogP) is 1.71. The molecule has 3 nitrogen and oxygen atoms in total. The van der Waals surface area contributed by atoms with Crippen LogP contribution in [0, 0.1) is 5.82 Å². The summed E-state index contributed by atoms with van der Waals surface area (Å²) in [6.07, 6.45) is 0.504. The molecule has 0 aromatic carbocycles. The normalized spacial score (nSPS) is 14.9. The quantitative estimate of drug-likeness (QED) is 0.805. The van der Waals surface area contributed by atoms with Gasteiger partial charge in [0.15, 0.2) is 0 Å². The molecule has 0 saturated carbocycles. The van der Waals surface area contributed by atoms with Crippen LogP contribution in [-0.2, 0) is 0 Å². The molecule has 2 atom stereocenters. The van der Waals surface area contributed by atoms with E-state index < -0.39 is 11.9 Å². The van der Waals surface area contributed by atoms with Crippen LogP contribution in [0.25, 0.3) is 0 Å². The number of aliphatic hydroxyl groups is 1. The highest BCUT2D eigenvalue weighted by atomic mass is 19.1. The maximum atomic E-state index is 13.3. The van der Waals surface area contributed by atoms with Crippen LogP contribution in [0.2, 0.25) is 0 Å². The fourth-order valence-corrected chi connectivity index (χ4v) is 1.15.